The molecule has 1 aliphatic heterocycles. The van der Waals surface area contributed by atoms with Crippen LogP contribution in [0, 0.1) is 0 Å². The van der Waals surface area contributed by atoms with Crippen molar-refractivity contribution in [3.8, 4) is 0 Å². The fraction of sp³-hybridized carbons (Fsp3) is 1.00. The van der Waals surface area contributed by atoms with Crippen molar-refractivity contribution in [2.45, 2.75) is 19.0 Å². The third-order valence-electron chi connectivity index (χ3n) is 0.782. The first-order chi connectivity index (χ1) is 3.15. The third-order valence-corrected chi connectivity index (χ3v) is 0.782. The monoisotopic (exact) mass is 132 g/mol. The molecule has 5 heteroatoms. The molecular weight excluding hydrogens is 124 g/mol. The molecule has 0 aliphatic carbocycles. The second-order valence-electron chi connectivity index (χ2n) is 1.47. The molecule has 46 valence electrons. The molecule has 0 spiro atoms. The van der Waals surface area contributed by atoms with Gasteiger partial charge in [-0.3, -0.25) is 0 Å². The van der Waals surface area contributed by atoms with Crippen molar-refractivity contribution in [3.63, 3.8) is 0 Å². The molecule has 1 saturated heterocycles. The minimum absolute atomic E-state index is 0. The van der Waals surface area contributed by atoms with Gasteiger partial charge in [-0.1, -0.05) is 0 Å². The zero-order valence-electron chi connectivity index (χ0n) is 6.50. The van der Waals surface area contributed by atoms with Crippen LogP contribution in [0.4, 0.5) is 0 Å². The third kappa shape index (κ3) is 1.54. The summed E-state index contributed by atoms with van der Waals surface area (Å²) in [6.45, 7) is 1.37. The standard InChI is InChI=1S/C3H6O4.Mg.2H/c1-2(4)3(5)6-7-3;;;/h2,4-5H,1H3;;;/q;+2;2*-1. The van der Waals surface area contributed by atoms with E-state index in [9.17, 15) is 0 Å². The first-order valence-electron chi connectivity index (χ1n) is 1.92. The molecule has 0 aromatic carbocycles. The average Bonchev–Trinajstić information content (AvgIpc) is 2.21. The molecule has 0 amide bonds. The van der Waals surface area contributed by atoms with E-state index < -0.39 is 12.1 Å². The Hall–Kier alpha value is 0.606. The predicted molar refractivity (Wildman–Crippen MR) is 26.8 cm³/mol. The summed E-state index contributed by atoms with van der Waals surface area (Å²) in [6.07, 6.45) is -0.979. The van der Waals surface area contributed by atoms with Crippen molar-refractivity contribution in [3.05, 3.63) is 0 Å². The van der Waals surface area contributed by atoms with Gasteiger partial charge in [-0.25, -0.2) is 0 Å². The van der Waals surface area contributed by atoms with E-state index in [-0.39, 0.29) is 25.9 Å². The molecule has 1 unspecified atom stereocenters. The van der Waals surface area contributed by atoms with E-state index in [1.54, 1.807) is 0 Å². The van der Waals surface area contributed by atoms with E-state index in [0.717, 1.165) is 0 Å². The van der Waals surface area contributed by atoms with Crippen LogP contribution in [-0.4, -0.2) is 45.3 Å². The molecule has 1 fully saturated rings. The first-order valence-corrected chi connectivity index (χ1v) is 1.92. The van der Waals surface area contributed by atoms with Crippen LogP contribution in [0.25, 0.3) is 0 Å². The van der Waals surface area contributed by atoms with Gasteiger partial charge in [0.15, 0.2) is 0 Å². The Morgan fingerprint density at radius 1 is 1.62 bits per heavy atom. The molecule has 8 heavy (non-hydrogen) atoms. The van der Waals surface area contributed by atoms with Gasteiger partial charge in [0.25, 0.3) is 0 Å². The van der Waals surface area contributed by atoms with E-state index in [1.807, 2.05) is 0 Å². The maximum atomic E-state index is 8.51. The summed E-state index contributed by atoms with van der Waals surface area (Å²) in [7, 11) is 0. The molecule has 0 saturated carbocycles. The fourth-order valence-corrected chi connectivity index (χ4v) is 0.182. The maximum Gasteiger partial charge on any atom is 2.00 e. The van der Waals surface area contributed by atoms with Gasteiger partial charge in [0.2, 0.25) is 0 Å². The predicted octanol–water partition coefficient (Wildman–Crippen LogP) is -1.18. The molecule has 0 aromatic heterocycles. The Bertz CT molecular complexity index is 86.6. The summed E-state index contributed by atoms with van der Waals surface area (Å²) in [5.41, 5.74) is 0. The van der Waals surface area contributed by atoms with Gasteiger partial charge in [0.05, 0.1) is 0 Å². The molecule has 4 nitrogen and oxygen atoms in total. The van der Waals surface area contributed by atoms with E-state index in [0.29, 0.717) is 0 Å². The summed E-state index contributed by atoms with van der Waals surface area (Å²) >= 11 is 0. The quantitative estimate of drug-likeness (QED) is 0.268. The Balaban J connectivity index is -0.000000163. The number of hydrogen-bond acceptors (Lipinski definition) is 4. The van der Waals surface area contributed by atoms with Crippen LogP contribution in [-0.2, 0) is 9.78 Å². The minimum atomic E-state index is -1.69. The molecular formula is C3H8MgO4. The van der Waals surface area contributed by atoms with Gasteiger partial charge in [0.1, 0.15) is 6.10 Å². The van der Waals surface area contributed by atoms with E-state index in [1.165, 1.54) is 6.92 Å². The second-order valence-corrected chi connectivity index (χ2v) is 1.47. The van der Waals surface area contributed by atoms with Crippen molar-refractivity contribution in [1.82, 2.24) is 0 Å². The normalized spacial score (nSPS) is 25.9. The van der Waals surface area contributed by atoms with Crippen LogP contribution in [0.5, 0.6) is 0 Å². The van der Waals surface area contributed by atoms with Crippen molar-refractivity contribution in [1.29, 1.82) is 0 Å². The number of aliphatic hydroxyl groups is 2. The fourth-order valence-electron chi connectivity index (χ4n) is 0.182. The summed E-state index contributed by atoms with van der Waals surface area (Å²) in [5, 5.41) is 17.0. The summed E-state index contributed by atoms with van der Waals surface area (Å²) in [4.78, 5) is 7.93. The van der Waals surface area contributed by atoms with Crippen molar-refractivity contribution >= 4 is 23.1 Å². The van der Waals surface area contributed by atoms with Gasteiger partial charge in [-0.05, 0) is 6.92 Å². The van der Waals surface area contributed by atoms with Crippen LogP contribution in [0.15, 0.2) is 0 Å². The Labute approximate surface area is 65.4 Å². The largest absolute Gasteiger partial charge is 2.00 e. The molecule has 1 heterocycles. The number of aliphatic hydroxyl groups excluding tert-OH is 1. The van der Waals surface area contributed by atoms with Gasteiger partial charge in [-0.2, -0.15) is 9.78 Å². The van der Waals surface area contributed by atoms with Crippen LogP contribution >= 0.6 is 0 Å². The van der Waals surface area contributed by atoms with Gasteiger partial charge in [0, 0.05) is 0 Å². The molecule has 1 aliphatic rings. The van der Waals surface area contributed by atoms with E-state index in [2.05, 4.69) is 9.78 Å². The second kappa shape index (κ2) is 2.46. The average molecular weight is 132 g/mol. The molecule has 2 N–H and O–H groups in total. The van der Waals surface area contributed by atoms with E-state index in [4.69, 9.17) is 10.2 Å². The molecule has 1 rings (SSSR count). The smallest absolute Gasteiger partial charge is 1.00 e. The zero-order chi connectivity index (χ0) is 5.49. The molecule has 1 atom stereocenters. The van der Waals surface area contributed by atoms with Crippen LogP contribution in [0.3, 0.4) is 0 Å². The van der Waals surface area contributed by atoms with E-state index >= 15 is 0 Å². The van der Waals surface area contributed by atoms with Gasteiger partial charge >= 0.3 is 29.0 Å². The van der Waals surface area contributed by atoms with Crippen LogP contribution in [0.1, 0.15) is 9.78 Å². The Morgan fingerprint density at radius 3 is 2.00 bits per heavy atom. The van der Waals surface area contributed by atoms with Gasteiger partial charge in [-0.15, -0.1) is 0 Å². The summed E-state index contributed by atoms with van der Waals surface area (Å²) in [5.74, 6) is -1.69. The maximum absolute atomic E-state index is 8.51. The van der Waals surface area contributed by atoms with Crippen molar-refractivity contribution in [2.24, 2.45) is 0 Å². The SMILES string of the molecule is CC(O)C1(O)OO1.[H-].[H-].[Mg+2]. The molecule has 0 aromatic rings. The van der Waals surface area contributed by atoms with Crippen LogP contribution in [0.2, 0.25) is 0 Å². The zero-order valence-corrected chi connectivity index (χ0v) is 5.91. The van der Waals surface area contributed by atoms with Crippen molar-refractivity contribution < 1.29 is 22.8 Å². The number of hydrogen-bond donors (Lipinski definition) is 2. The molecule has 0 radical (unpaired) electrons. The Morgan fingerprint density at radius 2 is 2.00 bits per heavy atom. The van der Waals surface area contributed by atoms with Gasteiger partial charge < -0.3 is 13.1 Å². The van der Waals surface area contributed by atoms with Crippen molar-refractivity contribution in [2.75, 3.05) is 0 Å². The minimum Gasteiger partial charge on any atom is -1.00 e. The topological polar surface area (TPSA) is 65.5 Å². The summed E-state index contributed by atoms with van der Waals surface area (Å²) < 4.78 is 0. The number of rotatable bonds is 1. The van der Waals surface area contributed by atoms with Crippen LogP contribution < -0.4 is 0 Å². The molecule has 0 bridgehead atoms. The first kappa shape index (κ1) is 8.61. The Kier molecular flexibility index (Phi) is 2.65. The summed E-state index contributed by atoms with van der Waals surface area (Å²) in [6, 6.07) is 0.